The first-order chi connectivity index (χ1) is 12.7. The lowest BCUT2D eigenvalue weighted by molar-refractivity contribution is 0.0695. The van der Waals surface area contributed by atoms with E-state index < -0.39 is 11.5 Å². The minimum Gasteiger partial charge on any atom is -0.477 e. The fourth-order valence-corrected chi connectivity index (χ4v) is 3.68. The summed E-state index contributed by atoms with van der Waals surface area (Å²) in [6.45, 7) is 4.84. The summed E-state index contributed by atoms with van der Waals surface area (Å²) < 4.78 is 2.20. The van der Waals surface area contributed by atoms with E-state index in [1.807, 2.05) is 27.1 Å². The zero-order valence-electron chi connectivity index (χ0n) is 16.4. The molecule has 0 saturated carbocycles. The molecule has 0 aliphatic rings. The summed E-state index contributed by atoms with van der Waals surface area (Å²) in [6.07, 6.45) is 0.629. The van der Waals surface area contributed by atoms with Gasteiger partial charge in [0.25, 0.3) is 5.56 Å². The number of rotatable bonds is 5. The molecule has 0 aliphatic carbocycles. The number of H-pyrrole nitrogens is 1. The number of hydrogen-bond donors (Lipinski definition) is 2. The minimum absolute atomic E-state index is 0.221. The minimum atomic E-state index is -1.21. The van der Waals surface area contributed by atoms with Crippen LogP contribution in [0.25, 0.3) is 22.2 Å². The van der Waals surface area contributed by atoms with Crippen LogP contribution in [-0.2, 0) is 20.0 Å². The molecule has 2 heterocycles. The SMILES string of the molecule is CCc1cc(C(=O)O)c(=O)[nH]c1-c1cc(C)c2c(c1)cc(CN(C)C)n2C. The van der Waals surface area contributed by atoms with E-state index in [-0.39, 0.29) is 5.56 Å². The van der Waals surface area contributed by atoms with Crippen LogP contribution < -0.4 is 5.56 Å². The Hall–Kier alpha value is -2.86. The molecule has 6 nitrogen and oxygen atoms in total. The molecule has 2 aromatic heterocycles. The Morgan fingerprint density at radius 2 is 1.93 bits per heavy atom. The Morgan fingerprint density at radius 3 is 2.52 bits per heavy atom. The maximum absolute atomic E-state index is 12.2. The third-order valence-electron chi connectivity index (χ3n) is 4.92. The van der Waals surface area contributed by atoms with E-state index in [1.165, 1.54) is 11.8 Å². The molecule has 142 valence electrons. The standard InChI is InChI=1S/C21H25N3O3/c1-6-13-10-17(21(26)27)20(25)22-18(13)14-7-12(2)19-15(8-14)9-16(24(19)5)11-23(3)4/h7-10H,6,11H2,1-5H3,(H,22,25)(H,26,27). The van der Waals surface area contributed by atoms with E-state index in [2.05, 4.69) is 40.6 Å². The van der Waals surface area contributed by atoms with Crippen molar-refractivity contribution in [3.8, 4) is 11.3 Å². The fraction of sp³-hybridized carbons (Fsp3) is 0.333. The maximum atomic E-state index is 12.2. The van der Waals surface area contributed by atoms with Crippen molar-refractivity contribution in [1.82, 2.24) is 14.5 Å². The molecular weight excluding hydrogens is 342 g/mol. The molecule has 0 spiro atoms. The Balaban J connectivity index is 2.22. The number of hydrogen-bond acceptors (Lipinski definition) is 3. The van der Waals surface area contributed by atoms with Crippen molar-refractivity contribution >= 4 is 16.9 Å². The summed E-state index contributed by atoms with van der Waals surface area (Å²) in [7, 11) is 6.14. The lowest BCUT2D eigenvalue weighted by atomic mass is 9.99. The molecule has 0 unspecified atom stereocenters. The molecule has 0 aliphatic heterocycles. The summed E-state index contributed by atoms with van der Waals surface area (Å²) in [5.41, 5.74) is 5.09. The number of aryl methyl sites for hydroxylation is 3. The monoisotopic (exact) mass is 367 g/mol. The van der Waals surface area contributed by atoms with Crippen LogP contribution in [0.5, 0.6) is 0 Å². The Bertz CT molecular complexity index is 1090. The number of pyridine rings is 1. The van der Waals surface area contributed by atoms with Crippen molar-refractivity contribution in [1.29, 1.82) is 0 Å². The molecule has 0 saturated heterocycles. The number of nitrogens with zero attached hydrogens (tertiary/aromatic N) is 2. The molecule has 0 atom stereocenters. The van der Waals surface area contributed by atoms with E-state index in [9.17, 15) is 14.7 Å². The average Bonchev–Trinajstić information content (AvgIpc) is 2.89. The van der Waals surface area contributed by atoms with Crippen molar-refractivity contribution in [3.05, 3.63) is 57.0 Å². The van der Waals surface area contributed by atoms with Gasteiger partial charge in [0.05, 0.1) is 11.2 Å². The average molecular weight is 367 g/mol. The van der Waals surface area contributed by atoms with Crippen LogP contribution in [-0.4, -0.2) is 39.6 Å². The molecule has 1 aromatic carbocycles. The normalized spacial score (nSPS) is 11.5. The predicted molar refractivity (Wildman–Crippen MR) is 107 cm³/mol. The third-order valence-corrected chi connectivity index (χ3v) is 4.92. The van der Waals surface area contributed by atoms with Crippen LogP contribution in [0.4, 0.5) is 0 Å². The highest BCUT2D eigenvalue weighted by molar-refractivity contribution is 5.91. The van der Waals surface area contributed by atoms with Crippen molar-refractivity contribution in [2.45, 2.75) is 26.8 Å². The number of aromatic carboxylic acids is 1. The van der Waals surface area contributed by atoms with Crippen LogP contribution in [0.15, 0.2) is 29.1 Å². The highest BCUT2D eigenvalue weighted by Crippen LogP contribution is 2.30. The van der Waals surface area contributed by atoms with Crippen LogP contribution >= 0.6 is 0 Å². The predicted octanol–water partition coefficient (Wildman–Crippen LogP) is 3.16. The van der Waals surface area contributed by atoms with Gasteiger partial charge in [0.1, 0.15) is 5.56 Å². The van der Waals surface area contributed by atoms with Crippen LogP contribution in [0, 0.1) is 6.92 Å². The van der Waals surface area contributed by atoms with Gasteiger partial charge in [-0.05, 0) is 68.4 Å². The first-order valence-electron chi connectivity index (χ1n) is 8.96. The number of fused-ring (bicyclic) bond motifs is 1. The van der Waals surface area contributed by atoms with Crippen molar-refractivity contribution in [2.75, 3.05) is 14.1 Å². The van der Waals surface area contributed by atoms with E-state index in [1.54, 1.807) is 0 Å². The molecule has 3 rings (SSSR count). The topological polar surface area (TPSA) is 78.3 Å². The molecule has 0 radical (unpaired) electrons. The summed E-state index contributed by atoms with van der Waals surface area (Å²) in [5, 5.41) is 10.3. The highest BCUT2D eigenvalue weighted by Gasteiger charge is 2.16. The first-order valence-corrected chi connectivity index (χ1v) is 8.96. The summed E-state index contributed by atoms with van der Waals surface area (Å²) in [4.78, 5) is 28.4. The van der Waals surface area contributed by atoms with Gasteiger partial charge in [0, 0.05) is 24.7 Å². The quantitative estimate of drug-likeness (QED) is 0.726. The lowest BCUT2D eigenvalue weighted by Crippen LogP contribution is -2.19. The number of benzene rings is 1. The van der Waals surface area contributed by atoms with Gasteiger partial charge in [-0.25, -0.2) is 4.79 Å². The van der Waals surface area contributed by atoms with Gasteiger partial charge in [-0.1, -0.05) is 6.92 Å². The van der Waals surface area contributed by atoms with Gasteiger partial charge < -0.3 is 19.6 Å². The molecule has 0 fully saturated rings. The molecular formula is C21H25N3O3. The number of aromatic nitrogens is 2. The Morgan fingerprint density at radius 1 is 1.22 bits per heavy atom. The second kappa shape index (κ2) is 7.04. The van der Waals surface area contributed by atoms with Gasteiger partial charge in [0.2, 0.25) is 0 Å². The largest absolute Gasteiger partial charge is 0.477 e. The Labute approximate surface area is 158 Å². The van der Waals surface area contributed by atoms with Gasteiger partial charge in [-0.15, -0.1) is 0 Å². The van der Waals surface area contributed by atoms with Crippen molar-refractivity contribution < 1.29 is 9.90 Å². The van der Waals surface area contributed by atoms with E-state index in [0.717, 1.165) is 34.1 Å². The van der Waals surface area contributed by atoms with Gasteiger partial charge in [-0.3, -0.25) is 4.79 Å². The van der Waals surface area contributed by atoms with E-state index in [0.29, 0.717) is 12.1 Å². The highest BCUT2D eigenvalue weighted by atomic mass is 16.4. The maximum Gasteiger partial charge on any atom is 0.341 e. The Kier molecular flexibility index (Phi) is 4.93. The zero-order valence-corrected chi connectivity index (χ0v) is 16.4. The van der Waals surface area contributed by atoms with Gasteiger partial charge >= 0.3 is 5.97 Å². The number of aromatic amines is 1. The second-order valence-corrected chi connectivity index (χ2v) is 7.23. The first kappa shape index (κ1) is 18.9. The number of nitrogens with one attached hydrogen (secondary N) is 1. The van der Waals surface area contributed by atoms with Crippen LogP contribution in [0.3, 0.4) is 0 Å². The summed E-state index contributed by atoms with van der Waals surface area (Å²) in [6, 6.07) is 7.76. The molecule has 0 amide bonds. The molecule has 2 N–H and O–H groups in total. The van der Waals surface area contributed by atoms with Crippen LogP contribution in [0.1, 0.15) is 34.1 Å². The number of carbonyl (C=O) groups is 1. The number of carboxylic acid groups (broad SMARTS) is 1. The lowest BCUT2D eigenvalue weighted by Gasteiger charge is -2.12. The number of carboxylic acids is 1. The van der Waals surface area contributed by atoms with E-state index >= 15 is 0 Å². The van der Waals surface area contributed by atoms with Crippen molar-refractivity contribution in [2.24, 2.45) is 7.05 Å². The van der Waals surface area contributed by atoms with Crippen molar-refractivity contribution in [3.63, 3.8) is 0 Å². The summed E-state index contributed by atoms with van der Waals surface area (Å²) >= 11 is 0. The second-order valence-electron chi connectivity index (χ2n) is 7.23. The summed E-state index contributed by atoms with van der Waals surface area (Å²) in [5.74, 6) is -1.21. The molecule has 3 aromatic rings. The zero-order chi connectivity index (χ0) is 19.9. The third kappa shape index (κ3) is 3.40. The van der Waals surface area contributed by atoms with E-state index in [4.69, 9.17) is 0 Å². The molecule has 27 heavy (non-hydrogen) atoms. The van der Waals surface area contributed by atoms with Crippen LogP contribution in [0.2, 0.25) is 0 Å². The molecule has 0 bridgehead atoms. The smallest absolute Gasteiger partial charge is 0.341 e. The molecule has 6 heteroatoms. The van der Waals surface area contributed by atoms with Gasteiger partial charge in [0.15, 0.2) is 0 Å². The van der Waals surface area contributed by atoms with Gasteiger partial charge in [-0.2, -0.15) is 0 Å². The fourth-order valence-electron chi connectivity index (χ4n) is 3.68.